The Bertz CT molecular complexity index is 807. The van der Waals surface area contributed by atoms with Gasteiger partial charge in [0.15, 0.2) is 0 Å². The lowest BCUT2D eigenvalue weighted by Crippen LogP contribution is -2.40. The molecule has 1 aromatic rings. The first-order valence-corrected chi connectivity index (χ1v) is 10.5. The predicted octanol–water partition coefficient (Wildman–Crippen LogP) is 0.527. The first-order valence-electron chi connectivity index (χ1n) is 9.06. The lowest BCUT2D eigenvalue weighted by atomic mass is 9.90. The van der Waals surface area contributed by atoms with Crippen LogP contribution in [-0.2, 0) is 14.8 Å². The fourth-order valence-corrected chi connectivity index (χ4v) is 4.92. The van der Waals surface area contributed by atoms with Crippen LogP contribution in [0.2, 0.25) is 0 Å². The molecule has 1 amide bonds. The molecule has 1 unspecified atom stereocenters. The van der Waals surface area contributed by atoms with Crippen LogP contribution in [0.15, 0.2) is 23.1 Å². The van der Waals surface area contributed by atoms with Crippen LogP contribution in [0.4, 0.5) is 0 Å². The van der Waals surface area contributed by atoms with Gasteiger partial charge in [-0.05, 0) is 36.6 Å². The molecule has 2 aliphatic rings. The third-order valence-corrected chi connectivity index (χ3v) is 7.24. The molecule has 27 heavy (non-hydrogen) atoms. The summed E-state index contributed by atoms with van der Waals surface area (Å²) in [7, 11) is -2.22. The van der Waals surface area contributed by atoms with E-state index in [1.165, 1.54) is 23.5 Å². The highest BCUT2D eigenvalue weighted by Gasteiger charge is 2.36. The Hall–Kier alpha value is -1.68. The number of methoxy groups -OCH3 is 1. The Morgan fingerprint density at radius 3 is 2.59 bits per heavy atom. The summed E-state index contributed by atoms with van der Waals surface area (Å²) >= 11 is 0. The van der Waals surface area contributed by atoms with Crippen LogP contribution in [0.25, 0.3) is 0 Å². The van der Waals surface area contributed by atoms with Crippen molar-refractivity contribution < 1.29 is 22.7 Å². The Balaban J connectivity index is 1.91. The van der Waals surface area contributed by atoms with E-state index in [0.717, 1.165) is 6.42 Å². The van der Waals surface area contributed by atoms with Crippen molar-refractivity contribution in [3.63, 3.8) is 0 Å². The molecule has 0 radical (unpaired) electrons. The van der Waals surface area contributed by atoms with Gasteiger partial charge in [-0.3, -0.25) is 4.79 Å². The number of rotatable bonds is 5. The van der Waals surface area contributed by atoms with E-state index in [4.69, 9.17) is 15.2 Å². The molecule has 2 fully saturated rings. The smallest absolute Gasteiger partial charge is 0.257 e. The second kappa shape index (κ2) is 7.75. The minimum atomic E-state index is -3.69. The highest BCUT2D eigenvalue weighted by atomic mass is 32.2. The van der Waals surface area contributed by atoms with E-state index in [2.05, 4.69) is 6.92 Å². The van der Waals surface area contributed by atoms with Crippen LogP contribution in [0, 0.1) is 5.41 Å². The minimum Gasteiger partial charge on any atom is -0.496 e. The summed E-state index contributed by atoms with van der Waals surface area (Å²) in [5, 5.41) is 0. The van der Waals surface area contributed by atoms with E-state index in [0.29, 0.717) is 51.7 Å². The minimum absolute atomic E-state index is 0.0920. The third kappa shape index (κ3) is 3.96. The molecule has 1 atom stereocenters. The highest BCUT2D eigenvalue weighted by molar-refractivity contribution is 7.89. The van der Waals surface area contributed by atoms with Crippen molar-refractivity contribution in [2.24, 2.45) is 11.1 Å². The maximum absolute atomic E-state index is 13.1. The lowest BCUT2D eigenvalue weighted by Gasteiger charge is -2.26. The van der Waals surface area contributed by atoms with E-state index < -0.39 is 10.0 Å². The molecule has 2 N–H and O–H groups in total. The first-order chi connectivity index (χ1) is 12.8. The molecule has 0 spiro atoms. The number of carbonyl (C=O) groups is 1. The highest BCUT2D eigenvalue weighted by Crippen LogP contribution is 2.32. The zero-order valence-electron chi connectivity index (χ0n) is 15.8. The number of likely N-dealkylation sites (tertiary alicyclic amines) is 1. The molecular formula is C18H27N3O5S. The molecule has 0 aliphatic carbocycles. The topological polar surface area (TPSA) is 102 Å². The van der Waals surface area contributed by atoms with Crippen molar-refractivity contribution in [2.45, 2.75) is 18.2 Å². The van der Waals surface area contributed by atoms with Crippen molar-refractivity contribution in [3.8, 4) is 5.75 Å². The number of hydrogen-bond acceptors (Lipinski definition) is 6. The van der Waals surface area contributed by atoms with Crippen LogP contribution in [-0.4, -0.2) is 76.6 Å². The van der Waals surface area contributed by atoms with E-state index >= 15 is 0 Å². The SMILES string of the molecule is COc1ccc(S(=O)(=O)N2CCOCC2)cc1C(=O)N1CCC(C)(CN)C1. The molecule has 3 rings (SSSR count). The van der Waals surface area contributed by atoms with Gasteiger partial charge in [0.25, 0.3) is 5.91 Å². The van der Waals surface area contributed by atoms with Gasteiger partial charge in [0.05, 0.1) is 30.8 Å². The van der Waals surface area contributed by atoms with Gasteiger partial charge in [-0.25, -0.2) is 8.42 Å². The average molecular weight is 397 g/mol. The van der Waals surface area contributed by atoms with Gasteiger partial charge in [-0.1, -0.05) is 6.92 Å². The average Bonchev–Trinajstić information content (AvgIpc) is 3.10. The maximum atomic E-state index is 13.1. The van der Waals surface area contributed by atoms with Crippen molar-refractivity contribution in [3.05, 3.63) is 23.8 Å². The summed E-state index contributed by atoms with van der Waals surface area (Å²) in [6.45, 7) is 5.04. The fraction of sp³-hybridized carbons (Fsp3) is 0.611. The van der Waals surface area contributed by atoms with Gasteiger partial charge in [0.1, 0.15) is 5.75 Å². The van der Waals surface area contributed by atoms with Crippen molar-refractivity contribution in [1.82, 2.24) is 9.21 Å². The van der Waals surface area contributed by atoms with E-state index in [1.807, 2.05) is 0 Å². The molecule has 150 valence electrons. The quantitative estimate of drug-likeness (QED) is 0.777. The molecule has 0 aromatic heterocycles. The Morgan fingerprint density at radius 2 is 2.00 bits per heavy atom. The second-order valence-electron chi connectivity index (χ2n) is 7.37. The number of carbonyl (C=O) groups excluding carboxylic acids is 1. The summed E-state index contributed by atoms with van der Waals surface area (Å²) in [6, 6.07) is 4.44. The van der Waals surface area contributed by atoms with Crippen molar-refractivity contribution in [2.75, 3.05) is 53.0 Å². The number of morpholine rings is 1. The zero-order valence-corrected chi connectivity index (χ0v) is 16.6. The van der Waals surface area contributed by atoms with Gasteiger partial charge in [0, 0.05) is 26.2 Å². The summed E-state index contributed by atoms with van der Waals surface area (Å²) in [4.78, 5) is 14.9. The van der Waals surface area contributed by atoms with Crippen molar-refractivity contribution in [1.29, 1.82) is 0 Å². The fourth-order valence-electron chi connectivity index (χ4n) is 3.48. The molecule has 1 aromatic carbocycles. The first kappa shape index (κ1) is 20.1. The summed E-state index contributed by atoms with van der Waals surface area (Å²) < 4.78 is 37.8. The van der Waals surface area contributed by atoms with Crippen LogP contribution in [0.5, 0.6) is 5.75 Å². The molecule has 0 saturated carbocycles. The van der Waals surface area contributed by atoms with Gasteiger partial charge in [0.2, 0.25) is 10.0 Å². The standard InChI is InChI=1S/C18H27N3O5S/c1-18(12-19)5-6-20(13-18)17(22)15-11-14(3-4-16(15)25-2)27(23,24)21-7-9-26-10-8-21/h3-4,11H,5-10,12-13,19H2,1-2H3. The Morgan fingerprint density at radius 1 is 1.30 bits per heavy atom. The van der Waals surface area contributed by atoms with Crippen LogP contribution in [0.1, 0.15) is 23.7 Å². The molecule has 9 heteroatoms. The Labute approximate surface area is 160 Å². The summed E-state index contributed by atoms with van der Waals surface area (Å²) in [5.41, 5.74) is 5.98. The number of nitrogens with two attached hydrogens (primary N) is 1. The number of amides is 1. The van der Waals surface area contributed by atoms with Crippen molar-refractivity contribution >= 4 is 15.9 Å². The molecule has 2 heterocycles. The van der Waals surface area contributed by atoms with Crippen LogP contribution < -0.4 is 10.5 Å². The van der Waals surface area contributed by atoms with Gasteiger partial charge < -0.3 is 20.1 Å². The van der Waals surface area contributed by atoms with Gasteiger partial charge in [-0.2, -0.15) is 4.31 Å². The molecule has 2 aliphatic heterocycles. The molecular weight excluding hydrogens is 370 g/mol. The normalized spacial score (nSPS) is 24.2. The van der Waals surface area contributed by atoms with Gasteiger partial charge in [-0.15, -0.1) is 0 Å². The van der Waals surface area contributed by atoms with E-state index in [9.17, 15) is 13.2 Å². The largest absolute Gasteiger partial charge is 0.496 e. The summed E-state index contributed by atoms with van der Waals surface area (Å²) in [6.07, 6.45) is 0.823. The predicted molar refractivity (Wildman–Crippen MR) is 100 cm³/mol. The van der Waals surface area contributed by atoms with Gasteiger partial charge >= 0.3 is 0 Å². The molecule has 8 nitrogen and oxygen atoms in total. The zero-order chi connectivity index (χ0) is 19.7. The van der Waals surface area contributed by atoms with Crippen LogP contribution in [0.3, 0.4) is 0 Å². The number of hydrogen-bond donors (Lipinski definition) is 1. The van der Waals surface area contributed by atoms with Crippen LogP contribution >= 0.6 is 0 Å². The second-order valence-corrected chi connectivity index (χ2v) is 9.31. The third-order valence-electron chi connectivity index (χ3n) is 5.35. The number of ether oxygens (including phenoxy) is 2. The van der Waals surface area contributed by atoms with E-state index in [-0.39, 0.29) is 21.8 Å². The maximum Gasteiger partial charge on any atom is 0.257 e. The molecule has 2 saturated heterocycles. The molecule has 0 bridgehead atoms. The number of benzene rings is 1. The summed E-state index contributed by atoms with van der Waals surface area (Å²) in [5.74, 6) is 0.130. The number of sulfonamides is 1. The lowest BCUT2D eigenvalue weighted by molar-refractivity contribution is 0.0730. The Kier molecular flexibility index (Phi) is 5.76. The number of nitrogens with zero attached hydrogens (tertiary/aromatic N) is 2. The monoisotopic (exact) mass is 397 g/mol. The van der Waals surface area contributed by atoms with E-state index in [1.54, 1.807) is 11.0 Å².